The minimum atomic E-state index is -3.17. The summed E-state index contributed by atoms with van der Waals surface area (Å²) in [4.78, 5) is 26.8. The lowest BCUT2D eigenvalue weighted by molar-refractivity contribution is -0.158. The van der Waals surface area contributed by atoms with Crippen LogP contribution in [-0.2, 0) is 19.4 Å². The van der Waals surface area contributed by atoms with E-state index in [0.717, 1.165) is 31.9 Å². The predicted molar refractivity (Wildman–Crippen MR) is 77.2 cm³/mol. The Bertz CT molecular complexity index is 580. The molecule has 118 valence electrons. The summed E-state index contributed by atoms with van der Waals surface area (Å²) >= 11 is 0. The van der Waals surface area contributed by atoms with Crippen LogP contribution in [0.1, 0.15) is 32.6 Å². The second-order valence-electron chi connectivity index (χ2n) is 6.83. The van der Waals surface area contributed by atoms with E-state index in [0.29, 0.717) is 0 Å². The highest BCUT2D eigenvalue weighted by molar-refractivity contribution is 7.90. The van der Waals surface area contributed by atoms with Gasteiger partial charge < -0.3 is 10.2 Å². The molecule has 2 unspecified atom stereocenters. The van der Waals surface area contributed by atoms with Crippen molar-refractivity contribution in [3.8, 4) is 0 Å². The number of nitrogens with one attached hydrogen (secondary N) is 1. The average molecular weight is 314 g/mol. The molecule has 1 heterocycles. The molecular weight excluding hydrogens is 292 g/mol. The van der Waals surface area contributed by atoms with Gasteiger partial charge in [-0.3, -0.25) is 9.59 Å². The number of hydrogen-bond acceptors (Lipinski definition) is 4. The van der Waals surface area contributed by atoms with Gasteiger partial charge in [-0.15, -0.1) is 0 Å². The third-order valence-corrected chi connectivity index (χ3v) is 5.91. The van der Waals surface area contributed by atoms with E-state index in [1.165, 1.54) is 0 Å². The molecule has 0 aromatic carbocycles. The number of carbonyl (C=O) groups is 2. The molecule has 0 bridgehead atoms. The highest BCUT2D eigenvalue weighted by Gasteiger charge is 2.58. The van der Waals surface area contributed by atoms with Crippen LogP contribution in [0.3, 0.4) is 0 Å². The van der Waals surface area contributed by atoms with Gasteiger partial charge in [0.15, 0.2) is 0 Å². The van der Waals surface area contributed by atoms with E-state index in [1.54, 1.807) is 11.8 Å². The van der Waals surface area contributed by atoms with Crippen molar-refractivity contribution in [1.29, 1.82) is 0 Å². The lowest BCUT2D eigenvalue weighted by Crippen LogP contribution is -2.71. The zero-order valence-electron chi connectivity index (χ0n) is 12.5. The molecule has 2 amide bonds. The molecule has 1 saturated heterocycles. The zero-order chi connectivity index (χ0) is 15.4. The van der Waals surface area contributed by atoms with E-state index in [9.17, 15) is 18.0 Å². The van der Waals surface area contributed by atoms with Gasteiger partial charge in [0.05, 0.1) is 5.75 Å². The van der Waals surface area contributed by atoms with E-state index < -0.39 is 21.4 Å². The van der Waals surface area contributed by atoms with E-state index in [1.807, 2.05) is 0 Å². The summed E-state index contributed by atoms with van der Waals surface area (Å²) in [6.45, 7) is 1.89. The summed E-state index contributed by atoms with van der Waals surface area (Å²) in [5, 5.41) is 2.89. The molecule has 1 N–H and O–H groups in total. The number of nitrogens with zero attached hydrogens (tertiary/aromatic N) is 1. The summed E-state index contributed by atoms with van der Waals surface area (Å²) in [7, 11) is -3.17. The van der Waals surface area contributed by atoms with Gasteiger partial charge in [0.1, 0.15) is 21.4 Å². The molecule has 21 heavy (non-hydrogen) atoms. The smallest absolute Gasteiger partial charge is 0.246 e. The fraction of sp³-hybridized carbons (Fsp3) is 0.857. The number of carbonyl (C=O) groups excluding carboxylic acids is 2. The maximum atomic E-state index is 12.7. The Kier molecular flexibility index (Phi) is 3.31. The quantitative estimate of drug-likeness (QED) is 0.770. The predicted octanol–water partition coefficient (Wildman–Crippen LogP) is -0.0633. The van der Waals surface area contributed by atoms with Crippen LogP contribution < -0.4 is 5.32 Å². The van der Waals surface area contributed by atoms with Gasteiger partial charge >= 0.3 is 0 Å². The molecule has 0 radical (unpaired) electrons. The number of piperazine rings is 1. The minimum absolute atomic E-state index is 0.0916. The third-order valence-electron chi connectivity index (χ3n) is 4.99. The molecule has 2 atom stereocenters. The first-order valence-corrected chi connectivity index (χ1v) is 9.59. The van der Waals surface area contributed by atoms with Crippen molar-refractivity contribution < 1.29 is 18.0 Å². The Hall–Kier alpha value is -1.11. The molecule has 2 aliphatic carbocycles. The number of rotatable bonds is 5. The minimum Gasteiger partial charge on any atom is -0.342 e. The van der Waals surface area contributed by atoms with Crippen LogP contribution in [0.2, 0.25) is 0 Å². The molecule has 3 fully saturated rings. The largest absolute Gasteiger partial charge is 0.342 e. The number of amides is 2. The van der Waals surface area contributed by atoms with Gasteiger partial charge in [-0.05, 0) is 44.4 Å². The first-order valence-electron chi connectivity index (χ1n) is 7.53. The lowest BCUT2D eigenvalue weighted by Gasteiger charge is -2.46. The Labute approximate surface area is 125 Å². The maximum absolute atomic E-state index is 12.7. The van der Waals surface area contributed by atoms with E-state index >= 15 is 0 Å². The van der Waals surface area contributed by atoms with Crippen LogP contribution in [0.25, 0.3) is 0 Å². The van der Waals surface area contributed by atoms with Gasteiger partial charge in [0.2, 0.25) is 11.8 Å². The Morgan fingerprint density at radius 3 is 2.33 bits per heavy atom. The monoisotopic (exact) mass is 314 g/mol. The first-order chi connectivity index (χ1) is 9.73. The molecule has 3 aliphatic rings. The standard InChI is InChI=1S/C14H22N2O4S/c1-14(10-5-6-10)13(18)15-11(9-3-4-9)12(17)16(14)7-8-21(2,19)20/h9-11H,3-8H2,1-2H3,(H,15,18). The van der Waals surface area contributed by atoms with Crippen LogP contribution in [0, 0.1) is 11.8 Å². The van der Waals surface area contributed by atoms with E-state index in [4.69, 9.17) is 0 Å². The number of sulfone groups is 1. The fourth-order valence-electron chi connectivity index (χ4n) is 3.27. The summed E-state index contributed by atoms with van der Waals surface area (Å²) in [6.07, 6.45) is 4.91. The Balaban J connectivity index is 1.87. The zero-order valence-corrected chi connectivity index (χ0v) is 13.3. The van der Waals surface area contributed by atoms with Gasteiger partial charge in [-0.25, -0.2) is 8.42 Å². The average Bonchev–Trinajstić information content (AvgIpc) is 3.25. The van der Waals surface area contributed by atoms with Crippen molar-refractivity contribution in [3.05, 3.63) is 0 Å². The first kappa shape index (κ1) is 14.8. The molecule has 0 spiro atoms. The fourth-order valence-corrected chi connectivity index (χ4v) is 3.78. The SMILES string of the molecule is CC1(C2CC2)C(=O)NC(C2CC2)C(=O)N1CCS(C)(=O)=O. The topological polar surface area (TPSA) is 83.6 Å². The highest BCUT2D eigenvalue weighted by atomic mass is 32.2. The highest BCUT2D eigenvalue weighted by Crippen LogP contribution is 2.46. The third kappa shape index (κ3) is 2.67. The van der Waals surface area contributed by atoms with Gasteiger partial charge in [-0.2, -0.15) is 0 Å². The molecule has 0 aromatic heterocycles. The van der Waals surface area contributed by atoms with Crippen molar-refractivity contribution in [3.63, 3.8) is 0 Å². The van der Waals surface area contributed by atoms with Crippen LogP contribution in [-0.4, -0.2) is 55.3 Å². The Morgan fingerprint density at radius 2 is 1.86 bits per heavy atom. The van der Waals surface area contributed by atoms with E-state index in [-0.39, 0.29) is 35.9 Å². The second-order valence-corrected chi connectivity index (χ2v) is 9.09. The van der Waals surface area contributed by atoms with Crippen molar-refractivity contribution in [2.24, 2.45) is 11.8 Å². The molecule has 2 saturated carbocycles. The molecule has 3 rings (SSSR count). The molecule has 1 aliphatic heterocycles. The second kappa shape index (κ2) is 4.69. The van der Waals surface area contributed by atoms with Crippen molar-refractivity contribution in [1.82, 2.24) is 10.2 Å². The summed E-state index contributed by atoms with van der Waals surface area (Å²) in [5.41, 5.74) is -0.882. The maximum Gasteiger partial charge on any atom is 0.246 e. The lowest BCUT2D eigenvalue weighted by atomic mass is 9.87. The van der Waals surface area contributed by atoms with Crippen LogP contribution in [0.15, 0.2) is 0 Å². The summed E-state index contributed by atoms with van der Waals surface area (Å²) in [6, 6.07) is -0.455. The van der Waals surface area contributed by atoms with Gasteiger partial charge in [0, 0.05) is 12.8 Å². The van der Waals surface area contributed by atoms with Crippen molar-refractivity contribution in [2.75, 3.05) is 18.6 Å². The van der Waals surface area contributed by atoms with Gasteiger partial charge in [0.25, 0.3) is 0 Å². The normalized spacial score (nSPS) is 34.0. The van der Waals surface area contributed by atoms with Crippen LogP contribution in [0.5, 0.6) is 0 Å². The molecule has 0 aromatic rings. The van der Waals surface area contributed by atoms with Crippen molar-refractivity contribution in [2.45, 2.75) is 44.2 Å². The Morgan fingerprint density at radius 1 is 1.24 bits per heavy atom. The summed E-state index contributed by atoms with van der Waals surface area (Å²) in [5.74, 6) is 0.0726. The molecule has 6 nitrogen and oxygen atoms in total. The van der Waals surface area contributed by atoms with Crippen LogP contribution >= 0.6 is 0 Å². The van der Waals surface area contributed by atoms with E-state index in [2.05, 4.69) is 5.32 Å². The van der Waals surface area contributed by atoms with Gasteiger partial charge in [-0.1, -0.05) is 0 Å². The number of hydrogen-bond donors (Lipinski definition) is 1. The molecular formula is C14H22N2O4S. The molecule has 7 heteroatoms. The van der Waals surface area contributed by atoms with Crippen LogP contribution in [0.4, 0.5) is 0 Å². The van der Waals surface area contributed by atoms with Crippen molar-refractivity contribution >= 4 is 21.7 Å². The summed E-state index contributed by atoms with van der Waals surface area (Å²) < 4.78 is 22.9.